The number of hydrogen-bond donors (Lipinski definition) is 2. The molecule has 12 heavy (non-hydrogen) atoms. The van der Waals surface area contributed by atoms with Gasteiger partial charge in [0.2, 0.25) is 0 Å². The number of aliphatic hydroxyl groups is 1. The van der Waals surface area contributed by atoms with Gasteiger partial charge in [-0.1, -0.05) is 0 Å². The third-order valence-corrected chi connectivity index (χ3v) is 0.640. The molecule has 60 valence electrons. The molecule has 0 heterocycles. The van der Waals surface area contributed by atoms with Crippen LogP contribution in [0.3, 0.4) is 0 Å². The SMILES string of the molecule is O=C(O)CC(O)C(=O)[O-].[Cl-].[K+].[Na+]. The second kappa shape index (κ2) is 12.8. The molecule has 0 saturated heterocycles. The van der Waals surface area contributed by atoms with Gasteiger partial charge in [0.25, 0.3) is 0 Å². The van der Waals surface area contributed by atoms with Crippen molar-refractivity contribution in [3.05, 3.63) is 0 Å². The van der Waals surface area contributed by atoms with Crippen LogP contribution in [0.25, 0.3) is 0 Å². The van der Waals surface area contributed by atoms with Gasteiger partial charge in [0, 0.05) is 0 Å². The summed E-state index contributed by atoms with van der Waals surface area (Å²) in [6.45, 7) is 0. The summed E-state index contributed by atoms with van der Waals surface area (Å²) >= 11 is 0. The molecule has 1 atom stereocenters. The van der Waals surface area contributed by atoms with Gasteiger partial charge in [0.15, 0.2) is 0 Å². The number of carbonyl (C=O) groups excluding carboxylic acids is 1. The first kappa shape index (κ1) is 23.6. The number of carboxylic acid groups (broad SMARTS) is 2. The van der Waals surface area contributed by atoms with E-state index in [2.05, 4.69) is 0 Å². The van der Waals surface area contributed by atoms with Crippen molar-refractivity contribution in [2.24, 2.45) is 0 Å². The summed E-state index contributed by atoms with van der Waals surface area (Å²) in [6, 6.07) is 0. The summed E-state index contributed by atoms with van der Waals surface area (Å²) in [6.07, 6.45) is -2.72. The van der Waals surface area contributed by atoms with Crippen LogP contribution in [0.1, 0.15) is 6.42 Å². The van der Waals surface area contributed by atoms with Gasteiger partial charge >= 0.3 is 86.9 Å². The van der Waals surface area contributed by atoms with Gasteiger partial charge in [-0.05, 0) is 0 Å². The van der Waals surface area contributed by atoms with E-state index in [0.717, 1.165) is 0 Å². The molecule has 5 nitrogen and oxygen atoms in total. The van der Waals surface area contributed by atoms with E-state index < -0.39 is 24.5 Å². The van der Waals surface area contributed by atoms with Crippen LogP contribution in [-0.4, -0.2) is 28.3 Å². The summed E-state index contributed by atoms with van der Waals surface area (Å²) in [4.78, 5) is 19.3. The normalized spacial score (nSPS) is 9.42. The fourth-order valence-corrected chi connectivity index (χ4v) is 0.249. The van der Waals surface area contributed by atoms with Crippen molar-refractivity contribution in [1.82, 2.24) is 0 Å². The monoisotopic (exact) mass is 230 g/mol. The zero-order chi connectivity index (χ0) is 7.44. The predicted octanol–water partition coefficient (Wildman–Crippen LogP) is -11.4. The Morgan fingerprint density at radius 1 is 1.42 bits per heavy atom. The van der Waals surface area contributed by atoms with E-state index in [4.69, 9.17) is 10.2 Å². The molecule has 8 heteroatoms. The van der Waals surface area contributed by atoms with Crippen molar-refractivity contribution in [1.29, 1.82) is 0 Å². The number of aliphatic hydroxyl groups excluding tert-OH is 1. The Morgan fingerprint density at radius 3 is 1.83 bits per heavy atom. The number of halogens is 1. The molecule has 0 aromatic heterocycles. The number of aliphatic carboxylic acids is 2. The van der Waals surface area contributed by atoms with Crippen LogP contribution >= 0.6 is 0 Å². The van der Waals surface area contributed by atoms with Gasteiger partial charge in [0.05, 0.1) is 12.4 Å². The van der Waals surface area contributed by atoms with E-state index in [1.807, 2.05) is 0 Å². The maximum Gasteiger partial charge on any atom is 1.00 e. The van der Waals surface area contributed by atoms with E-state index in [0.29, 0.717) is 0 Å². The Bertz CT molecular complexity index is 143. The molecule has 2 N–H and O–H groups in total. The first-order chi connectivity index (χ1) is 4.04. The first-order valence-corrected chi connectivity index (χ1v) is 2.14. The number of carbonyl (C=O) groups is 2. The fraction of sp³-hybridized carbons (Fsp3) is 0.500. The summed E-state index contributed by atoms with van der Waals surface area (Å²) in [7, 11) is 0. The molecule has 0 aromatic carbocycles. The number of hydrogen-bond acceptors (Lipinski definition) is 4. The van der Waals surface area contributed by atoms with E-state index in [1.165, 1.54) is 0 Å². The van der Waals surface area contributed by atoms with E-state index in [9.17, 15) is 14.7 Å². The molecule has 0 aliphatic rings. The van der Waals surface area contributed by atoms with Gasteiger partial charge in [-0.3, -0.25) is 4.79 Å². The van der Waals surface area contributed by atoms with Crippen molar-refractivity contribution in [3.8, 4) is 0 Å². The Labute approximate surface area is 140 Å². The maximum atomic E-state index is 9.66. The van der Waals surface area contributed by atoms with E-state index in [1.54, 1.807) is 0 Å². The average molecular weight is 231 g/mol. The van der Waals surface area contributed by atoms with Gasteiger partial charge in [-0.25, -0.2) is 0 Å². The number of carboxylic acids is 2. The Balaban J connectivity index is -0.000000107. The second-order valence-corrected chi connectivity index (χ2v) is 1.43. The molecule has 0 saturated carbocycles. The summed E-state index contributed by atoms with van der Waals surface area (Å²) in [5.41, 5.74) is 0. The van der Waals surface area contributed by atoms with Crippen LogP contribution in [0.4, 0.5) is 0 Å². The maximum absolute atomic E-state index is 9.66. The standard InChI is InChI=1S/C4H6O5.ClH.K.Na/c5-2(4(8)9)1-3(6)7;;;/h2,5H,1H2,(H,6,7)(H,8,9);1H;;/q;;2*+1/p-2. The average Bonchev–Trinajstić information content (AvgIpc) is 1.63. The van der Waals surface area contributed by atoms with Gasteiger partial charge in [-0.15, -0.1) is 0 Å². The largest absolute Gasteiger partial charge is 1.00 e. The van der Waals surface area contributed by atoms with Crippen molar-refractivity contribution >= 4 is 11.9 Å². The van der Waals surface area contributed by atoms with Crippen LogP contribution in [-0.2, 0) is 9.59 Å². The molecular formula is C4H5ClKNaO5. The minimum atomic E-state index is -1.90. The summed E-state index contributed by atoms with van der Waals surface area (Å²) in [5.74, 6) is -3.14. The third kappa shape index (κ3) is 14.4. The first-order valence-electron chi connectivity index (χ1n) is 2.14. The van der Waals surface area contributed by atoms with E-state index >= 15 is 0 Å². The van der Waals surface area contributed by atoms with E-state index in [-0.39, 0.29) is 93.3 Å². The molecule has 0 fully saturated rings. The molecule has 0 aliphatic carbocycles. The Morgan fingerprint density at radius 2 is 1.75 bits per heavy atom. The minimum Gasteiger partial charge on any atom is -1.00 e. The zero-order valence-corrected chi connectivity index (χ0v) is 12.7. The second-order valence-electron chi connectivity index (χ2n) is 1.43. The van der Waals surface area contributed by atoms with Crippen LogP contribution in [0.2, 0.25) is 0 Å². The Kier molecular flexibility index (Phi) is 25.2. The topological polar surface area (TPSA) is 97.7 Å². The smallest absolute Gasteiger partial charge is 1.00 e. The quantitative estimate of drug-likeness (QED) is 0.469. The molecule has 0 spiro atoms. The van der Waals surface area contributed by atoms with Gasteiger partial charge in [-0.2, -0.15) is 0 Å². The molecule has 1 unspecified atom stereocenters. The van der Waals surface area contributed by atoms with Crippen molar-refractivity contribution in [2.45, 2.75) is 12.5 Å². The van der Waals surface area contributed by atoms with Crippen LogP contribution in [0, 0.1) is 0 Å². The molecule has 0 aromatic rings. The molecule has 0 rings (SSSR count). The van der Waals surface area contributed by atoms with Crippen molar-refractivity contribution in [3.63, 3.8) is 0 Å². The van der Waals surface area contributed by atoms with Crippen molar-refractivity contribution in [2.75, 3.05) is 0 Å². The fourth-order valence-electron chi connectivity index (χ4n) is 0.249. The van der Waals surface area contributed by atoms with Crippen molar-refractivity contribution < 1.29 is 118 Å². The van der Waals surface area contributed by atoms with Gasteiger partial charge < -0.3 is 32.5 Å². The summed E-state index contributed by atoms with van der Waals surface area (Å²) < 4.78 is 0. The van der Waals surface area contributed by atoms with Crippen LogP contribution in [0.15, 0.2) is 0 Å². The minimum absolute atomic E-state index is 0. The van der Waals surface area contributed by atoms with Gasteiger partial charge in [0.1, 0.15) is 6.10 Å². The molecule has 0 amide bonds. The third-order valence-electron chi connectivity index (χ3n) is 0.640. The molecule has 0 radical (unpaired) electrons. The molecule has 0 bridgehead atoms. The van der Waals surface area contributed by atoms with Crippen LogP contribution in [0.5, 0.6) is 0 Å². The Hall–Kier alpha value is 1.83. The van der Waals surface area contributed by atoms with Crippen LogP contribution < -0.4 is 98.5 Å². The zero-order valence-electron chi connectivity index (χ0n) is 6.78. The predicted molar refractivity (Wildman–Crippen MR) is 23.3 cm³/mol. The molecule has 0 aliphatic heterocycles. The molecular weight excluding hydrogens is 226 g/mol. The number of rotatable bonds is 3. The summed E-state index contributed by atoms with van der Waals surface area (Å²) in [5, 5.41) is 25.7.